The highest BCUT2D eigenvalue weighted by molar-refractivity contribution is 6.28. The van der Waals surface area contributed by atoms with Crippen LogP contribution in [0.1, 0.15) is 59.2 Å². The highest BCUT2D eigenvalue weighted by Crippen LogP contribution is 2.46. The molecule has 17 heavy (non-hydrogen) atoms. The maximum atomic E-state index is 6.18. The van der Waals surface area contributed by atoms with Gasteiger partial charge < -0.3 is 4.57 Å². The summed E-state index contributed by atoms with van der Waals surface area (Å²) in [5, 5.41) is 8.82. The molecule has 1 aliphatic carbocycles. The normalized spacial score (nSPS) is 19.1. The third-order valence-electron chi connectivity index (χ3n) is 4.03. The van der Waals surface area contributed by atoms with Crippen LogP contribution in [-0.2, 0) is 12.0 Å². The maximum Gasteiger partial charge on any atom is 0.225 e. The van der Waals surface area contributed by atoms with Gasteiger partial charge in [0, 0.05) is 12.0 Å². The van der Waals surface area contributed by atoms with E-state index in [9.17, 15) is 0 Å². The quantitative estimate of drug-likeness (QED) is 0.822. The molecule has 1 heterocycles. The summed E-state index contributed by atoms with van der Waals surface area (Å²) in [6.07, 6.45) is 5.17. The highest BCUT2D eigenvalue weighted by Gasteiger charge is 2.37. The predicted molar refractivity (Wildman–Crippen MR) is 70.3 cm³/mol. The van der Waals surface area contributed by atoms with Crippen molar-refractivity contribution in [2.45, 2.75) is 65.3 Å². The number of hydrogen-bond acceptors (Lipinski definition) is 2. The van der Waals surface area contributed by atoms with E-state index in [-0.39, 0.29) is 5.41 Å². The van der Waals surface area contributed by atoms with Crippen LogP contribution in [0.2, 0.25) is 5.28 Å². The zero-order chi connectivity index (χ0) is 12.7. The Morgan fingerprint density at radius 1 is 1.29 bits per heavy atom. The van der Waals surface area contributed by atoms with E-state index in [0.29, 0.717) is 10.7 Å². The van der Waals surface area contributed by atoms with Crippen LogP contribution in [0.3, 0.4) is 0 Å². The monoisotopic (exact) mass is 255 g/mol. The molecule has 0 bridgehead atoms. The molecule has 0 spiro atoms. The summed E-state index contributed by atoms with van der Waals surface area (Å²) < 4.78 is 2.12. The third-order valence-corrected chi connectivity index (χ3v) is 4.31. The molecule has 0 amide bonds. The lowest BCUT2D eigenvalue weighted by Gasteiger charge is -2.42. The van der Waals surface area contributed by atoms with Crippen LogP contribution in [0.5, 0.6) is 0 Å². The first kappa shape index (κ1) is 12.9. The smallest absolute Gasteiger partial charge is 0.225 e. The molecule has 0 unspecified atom stereocenters. The molecule has 1 fully saturated rings. The zero-order valence-electron chi connectivity index (χ0n) is 11.3. The van der Waals surface area contributed by atoms with Gasteiger partial charge in [-0.2, -0.15) is 0 Å². The Kier molecular flexibility index (Phi) is 3.23. The van der Waals surface area contributed by atoms with Crippen molar-refractivity contribution in [3.63, 3.8) is 0 Å². The molecule has 2 rings (SSSR count). The van der Waals surface area contributed by atoms with E-state index >= 15 is 0 Å². The number of rotatable bonds is 3. The molecule has 4 heteroatoms. The Hall–Kier alpha value is -0.570. The molecule has 0 saturated heterocycles. The zero-order valence-corrected chi connectivity index (χ0v) is 12.0. The number of nitrogens with zero attached hydrogens (tertiary/aromatic N) is 3. The molecule has 0 aromatic carbocycles. The van der Waals surface area contributed by atoms with Gasteiger partial charge in [0.2, 0.25) is 5.28 Å². The summed E-state index contributed by atoms with van der Waals surface area (Å²) in [6, 6.07) is 0. The minimum atomic E-state index is -0.00117. The molecule has 3 nitrogen and oxygen atoms in total. The van der Waals surface area contributed by atoms with Crippen molar-refractivity contribution in [2.24, 2.45) is 5.41 Å². The van der Waals surface area contributed by atoms with Gasteiger partial charge in [0.05, 0.1) is 0 Å². The standard InChI is InChI=1S/C13H22ClN3/c1-5-13(7-6-8-13)9-17-10(12(2,3)4)15-16-11(17)14/h5-9H2,1-4H3. The molecule has 1 aromatic heterocycles. The predicted octanol–water partition coefficient (Wildman–Crippen LogP) is 3.81. The first-order valence-corrected chi connectivity index (χ1v) is 6.85. The Morgan fingerprint density at radius 3 is 2.35 bits per heavy atom. The molecule has 0 N–H and O–H groups in total. The lowest BCUT2D eigenvalue weighted by Crippen LogP contribution is -2.35. The fourth-order valence-electron chi connectivity index (χ4n) is 2.61. The topological polar surface area (TPSA) is 30.7 Å². The van der Waals surface area contributed by atoms with Crippen LogP contribution in [0.4, 0.5) is 0 Å². The van der Waals surface area contributed by atoms with Crippen molar-refractivity contribution >= 4 is 11.6 Å². The van der Waals surface area contributed by atoms with E-state index in [0.717, 1.165) is 12.4 Å². The van der Waals surface area contributed by atoms with Crippen LogP contribution in [0.15, 0.2) is 0 Å². The Labute approximate surface area is 109 Å². The van der Waals surface area contributed by atoms with Crippen molar-refractivity contribution in [3.05, 3.63) is 11.1 Å². The Balaban J connectivity index is 2.29. The van der Waals surface area contributed by atoms with Crippen LogP contribution < -0.4 is 0 Å². The average Bonchev–Trinajstić information content (AvgIpc) is 2.53. The van der Waals surface area contributed by atoms with Gasteiger partial charge in [-0.1, -0.05) is 34.1 Å². The average molecular weight is 256 g/mol. The van der Waals surface area contributed by atoms with Gasteiger partial charge in [0.1, 0.15) is 5.82 Å². The second-order valence-corrected chi connectivity index (χ2v) is 6.67. The van der Waals surface area contributed by atoms with E-state index in [2.05, 4.69) is 42.5 Å². The van der Waals surface area contributed by atoms with E-state index in [1.807, 2.05) is 0 Å². The summed E-state index contributed by atoms with van der Waals surface area (Å²) in [7, 11) is 0. The molecule has 0 radical (unpaired) electrons. The number of aromatic nitrogens is 3. The minimum absolute atomic E-state index is 0.00117. The lowest BCUT2D eigenvalue weighted by atomic mass is 9.67. The highest BCUT2D eigenvalue weighted by atomic mass is 35.5. The summed E-state index contributed by atoms with van der Waals surface area (Å²) in [5.41, 5.74) is 0.435. The van der Waals surface area contributed by atoms with Crippen molar-refractivity contribution in [1.82, 2.24) is 14.8 Å². The lowest BCUT2D eigenvalue weighted by molar-refractivity contribution is 0.0977. The van der Waals surface area contributed by atoms with E-state index in [1.54, 1.807) is 0 Å². The Morgan fingerprint density at radius 2 is 1.94 bits per heavy atom. The van der Waals surface area contributed by atoms with Crippen molar-refractivity contribution in [3.8, 4) is 0 Å². The molecule has 1 aromatic rings. The maximum absolute atomic E-state index is 6.18. The summed E-state index contributed by atoms with van der Waals surface area (Å²) in [6.45, 7) is 9.71. The van der Waals surface area contributed by atoms with Crippen LogP contribution in [0.25, 0.3) is 0 Å². The second kappa shape index (κ2) is 4.27. The second-order valence-electron chi connectivity index (χ2n) is 6.34. The largest absolute Gasteiger partial charge is 0.301 e. The first-order valence-electron chi connectivity index (χ1n) is 6.47. The summed E-state index contributed by atoms with van der Waals surface area (Å²) in [5.74, 6) is 1.00. The van der Waals surface area contributed by atoms with E-state index in [4.69, 9.17) is 11.6 Å². The van der Waals surface area contributed by atoms with Gasteiger partial charge in [0.15, 0.2) is 0 Å². The molecule has 1 saturated carbocycles. The number of hydrogen-bond donors (Lipinski definition) is 0. The van der Waals surface area contributed by atoms with E-state index < -0.39 is 0 Å². The van der Waals surface area contributed by atoms with Gasteiger partial charge in [-0.3, -0.25) is 0 Å². The van der Waals surface area contributed by atoms with Gasteiger partial charge >= 0.3 is 0 Å². The third kappa shape index (κ3) is 2.35. The first-order chi connectivity index (χ1) is 7.88. The summed E-state index contributed by atoms with van der Waals surface area (Å²) in [4.78, 5) is 0. The molecular formula is C13H22ClN3. The molecule has 96 valence electrons. The summed E-state index contributed by atoms with van der Waals surface area (Å²) >= 11 is 6.18. The van der Waals surface area contributed by atoms with Gasteiger partial charge in [0.25, 0.3) is 0 Å². The molecular weight excluding hydrogens is 234 g/mol. The van der Waals surface area contributed by atoms with Crippen molar-refractivity contribution < 1.29 is 0 Å². The SMILES string of the molecule is CCC1(Cn2c(Cl)nnc2C(C)(C)C)CCC1. The van der Waals surface area contributed by atoms with Crippen LogP contribution >= 0.6 is 11.6 Å². The molecule has 1 aliphatic rings. The van der Waals surface area contributed by atoms with E-state index in [1.165, 1.54) is 25.7 Å². The minimum Gasteiger partial charge on any atom is -0.301 e. The van der Waals surface area contributed by atoms with Crippen molar-refractivity contribution in [1.29, 1.82) is 0 Å². The van der Waals surface area contributed by atoms with Gasteiger partial charge in [-0.15, -0.1) is 10.2 Å². The molecule has 0 aliphatic heterocycles. The van der Waals surface area contributed by atoms with Gasteiger partial charge in [-0.25, -0.2) is 0 Å². The molecule has 0 atom stereocenters. The van der Waals surface area contributed by atoms with Crippen LogP contribution in [0, 0.1) is 5.41 Å². The Bertz CT molecular complexity index is 394. The number of halogens is 1. The fourth-order valence-corrected chi connectivity index (χ4v) is 2.79. The van der Waals surface area contributed by atoms with Crippen LogP contribution in [-0.4, -0.2) is 14.8 Å². The van der Waals surface area contributed by atoms with Gasteiger partial charge in [-0.05, 0) is 36.3 Å². The van der Waals surface area contributed by atoms with Crippen molar-refractivity contribution in [2.75, 3.05) is 0 Å². The fraction of sp³-hybridized carbons (Fsp3) is 0.846.